The average molecular weight is 253 g/mol. The maximum absolute atomic E-state index is 11.9. The fourth-order valence-corrected chi connectivity index (χ4v) is 1.61. The van der Waals surface area contributed by atoms with Crippen molar-refractivity contribution in [1.82, 2.24) is 4.90 Å². The van der Waals surface area contributed by atoms with Crippen LogP contribution in [0.15, 0.2) is 17.1 Å². The van der Waals surface area contributed by atoms with Gasteiger partial charge in [-0.3, -0.25) is 9.89 Å². The number of nitrogens with zero attached hydrogens (tertiary/aromatic N) is 2. The molecule has 0 saturated heterocycles. The molecule has 5 nitrogen and oxygen atoms in total. The molecule has 18 heavy (non-hydrogen) atoms. The molecular weight excluding hydrogens is 230 g/mol. The summed E-state index contributed by atoms with van der Waals surface area (Å²) >= 11 is 0. The Hall–Kier alpha value is -1.36. The molecule has 0 aromatic heterocycles. The van der Waals surface area contributed by atoms with E-state index in [1.54, 1.807) is 7.05 Å². The Bertz CT molecular complexity index is 356. The third-order valence-corrected chi connectivity index (χ3v) is 2.50. The van der Waals surface area contributed by atoms with Crippen molar-refractivity contribution >= 4 is 11.9 Å². The first kappa shape index (κ1) is 14.7. The molecule has 0 aromatic carbocycles. The number of amidine groups is 1. The number of ether oxygens (including phenoxy) is 1. The smallest absolute Gasteiger partial charge is 0.415 e. The van der Waals surface area contributed by atoms with E-state index >= 15 is 0 Å². The van der Waals surface area contributed by atoms with Crippen LogP contribution in [0.2, 0.25) is 0 Å². The van der Waals surface area contributed by atoms with Crippen LogP contribution in [0.4, 0.5) is 4.79 Å². The van der Waals surface area contributed by atoms with Crippen molar-refractivity contribution in [2.75, 3.05) is 13.6 Å². The van der Waals surface area contributed by atoms with Crippen molar-refractivity contribution in [1.29, 1.82) is 0 Å². The standard InChI is InChI=1S/C13H23N3O2/c1-13(2,3)18-12(17)16(4)11-7-5-6-10(15-11)8-9-14/h5,7,10H,6,8-9,14H2,1-4H3. The predicted molar refractivity (Wildman–Crippen MR) is 72.6 cm³/mol. The molecule has 1 atom stereocenters. The Morgan fingerprint density at radius 2 is 2.28 bits per heavy atom. The second kappa shape index (κ2) is 6.00. The van der Waals surface area contributed by atoms with Gasteiger partial charge in [-0.05, 0) is 46.2 Å². The van der Waals surface area contributed by atoms with E-state index in [1.165, 1.54) is 4.90 Å². The first-order valence-corrected chi connectivity index (χ1v) is 6.24. The van der Waals surface area contributed by atoms with E-state index < -0.39 is 5.60 Å². The number of hydrogen-bond donors (Lipinski definition) is 1. The zero-order valence-electron chi connectivity index (χ0n) is 11.6. The van der Waals surface area contributed by atoms with Crippen molar-refractivity contribution in [3.8, 4) is 0 Å². The van der Waals surface area contributed by atoms with Crippen LogP contribution >= 0.6 is 0 Å². The van der Waals surface area contributed by atoms with Gasteiger partial charge in [0.25, 0.3) is 0 Å². The zero-order chi connectivity index (χ0) is 13.8. The van der Waals surface area contributed by atoms with E-state index in [9.17, 15) is 4.79 Å². The van der Waals surface area contributed by atoms with E-state index in [0.717, 1.165) is 12.8 Å². The Kier molecular flexibility index (Phi) is 4.90. The molecular formula is C13H23N3O2. The summed E-state index contributed by atoms with van der Waals surface area (Å²) in [5.41, 5.74) is 5.03. The summed E-state index contributed by atoms with van der Waals surface area (Å²) < 4.78 is 5.30. The summed E-state index contributed by atoms with van der Waals surface area (Å²) in [4.78, 5) is 17.8. The number of rotatable bonds is 2. The Balaban J connectivity index is 2.68. The lowest BCUT2D eigenvalue weighted by Gasteiger charge is -2.26. The van der Waals surface area contributed by atoms with Crippen molar-refractivity contribution in [2.45, 2.75) is 45.3 Å². The largest absolute Gasteiger partial charge is 0.443 e. The topological polar surface area (TPSA) is 67.9 Å². The molecule has 0 saturated carbocycles. The van der Waals surface area contributed by atoms with Crippen molar-refractivity contribution < 1.29 is 9.53 Å². The molecule has 0 fully saturated rings. The molecule has 2 N–H and O–H groups in total. The van der Waals surface area contributed by atoms with Gasteiger partial charge in [-0.2, -0.15) is 0 Å². The molecule has 102 valence electrons. The van der Waals surface area contributed by atoms with Gasteiger partial charge in [0.2, 0.25) is 0 Å². The molecule has 0 bridgehead atoms. The number of carbonyl (C=O) groups excluding carboxylic acids is 1. The Morgan fingerprint density at radius 1 is 1.61 bits per heavy atom. The van der Waals surface area contributed by atoms with Gasteiger partial charge in [0.15, 0.2) is 0 Å². The first-order chi connectivity index (χ1) is 8.33. The molecule has 0 radical (unpaired) electrons. The summed E-state index contributed by atoms with van der Waals surface area (Å²) in [7, 11) is 1.67. The molecule has 0 aliphatic carbocycles. The van der Waals surface area contributed by atoms with E-state index in [-0.39, 0.29) is 12.1 Å². The summed E-state index contributed by atoms with van der Waals surface area (Å²) in [6, 6.07) is 0.167. The van der Waals surface area contributed by atoms with Crippen LogP contribution in [-0.4, -0.2) is 42.1 Å². The zero-order valence-corrected chi connectivity index (χ0v) is 11.6. The van der Waals surface area contributed by atoms with Gasteiger partial charge < -0.3 is 10.5 Å². The highest BCUT2D eigenvalue weighted by atomic mass is 16.6. The minimum atomic E-state index is -0.499. The van der Waals surface area contributed by atoms with Crippen molar-refractivity contribution in [3.05, 3.63) is 12.2 Å². The van der Waals surface area contributed by atoms with Gasteiger partial charge in [0.1, 0.15) is 11.4 Å². The van der Waals surface area contributed by atoms with Crippen LogP contribution < -0.4 is 5.73 Å². The highest BCUT2D eigenvalue weighted by Crippen LogP contribution is 2.14. The summed E-state index contributed by atoms with van der Waals surface area (Å²) in [5.74, 6) is 0.633. The van der Waals surface area contributed by atoms with Gasteiger partial charge in [-0.25, -0.2) is 4.79 Å². The van der Waals surface area contributed by atoms with Crippen LogP contribution in [0.1, 0.15) is 33.6 Å². The molecule has 0 aromatic rings. The number of carbonyl (C=O) groups is 1. The van der Waals surface area contributed by atoms with Crippen LogP contribution in [0.3, 0.4) is 0 Å². The Morgan fingerprint density at radius 3 is 2.83 bits per heavy atom. The monoisotopic (exact) mass is 253 g/mol. The van der Waals surface area contributed by atoms with E-state index in [2.05, 4.69) is 4.99 Å². The van der Waals surface area contributed by atoms with Crippen molar-refractivity contribution in [2.24, 2.45) is 10.7 Å². The molecule has 1 aliphatic heterocycles. The van der Waals surface area contributed by atoms with Crippen LogP contribution in [-0.2, 0) is 4.74 Å². The third kappa shape index (κ3) is 4.49. The Labute approximate surface area is 109 Å². The lowest BCUT2D eigenvalue weighted by Crippen LogP contribution is -2.38. The minimum absolute atomic E-state index is 0.167. The molecule has 0 spiro atoms. The van der Waals surface area contributed by atoms with E-state index in [1.807, 2.05) is 32.9 Å². The molecule has 1 unspecified atom stereocenters. The average Bonchev–Trinajstić information content (AvgIpc) is 2.26. The van der Waals surface area contributed by atoms with Crippen molar-refractivity contribution in [3.63, 3.8) is 0 Å². The second-order valence-corrected chi connectivity index (χ2v) is 5.40. The van der Waals surface area contributed by atoms with E-state index in [0.29, 0.717) is 12.4 Å². The fourth-order valence-electron chi connectivity index (χ4n) is 1.61. The van der Waals surface area contributed by atoms with E-state index in [4.69, 9.17) is 10.5 Å². The minimum Gasteiger partial charge on any atom is -0.443 e. The SMILES string of the molecule is CN(C(=O)OC(C)(C)C)C1=NC(CCN)CC=C1. The number of dihydropyridines is 1. The maximum atomic E-state index is 11.9. The highest BCUT2D eigenvalue weighted by Gasteiger charge is 2.23. The quantitative estimate of drug-likeness (QED) is 0.817. The lowest BCUT2D eigenvalue weighted by molar-refractivity contribution is 0.0402. The fraction of sp³-hybridized carbons (Fsp3) is 0.692. The molecule has 1 aliphatic rings. The molecule has 1 heterocycles. The number of hydrogen-bond acceptors (Lipinski definition) is 4. The van der Waals surface area contributed by atoms with Gasteiger partial charge in [-0.15, -0.1) is 0 Å². The third-order valence-electron chi connectivity index (χ3n) is 2.50. The van der Waals surface area contributed by atoms with Gasteiger partial charge in [0, 0.05) is 7.05 Å². The normalized spacial score (nSPS) is 19.4. The second-order valence-electron chi connectivity index (χ2n) is 5.40. The van der Waals surface area contributed by atoms with Gasteiger partial charge in [0.05, 0.1) is 6.04 Å². The summed E-state index contributed by atoms with van der Waals surface area (Å²) in [6.45, 7) is 6.13. The van der Waals surface area contributed by atoms with Gasteiger partial charge >= 0.3 is 6.09 Å². The molecule has 1 amide bonds. The summed E-state index contributed by atoms with van der Waals surface area (Å²) in [5, 5.41) is 0. The first-order valence-electron chi connectivity index (χ1n) is 6.24. The molecule has 5 heteroatoms. The van der Waals surface area contributed by atoms with Crippen LogP contribution in [0.25, 0.3) is 0 Å². The van der Waals surface area contributed by atoms with Crippen LogP contribution in [0.5, 0.6) is 0 Å². The number of amides is 1. The number of likely N-dealkylation sites (N-methyl/N-ethyl adjacent to an activating group) is 1. The molecule has 1 rings (SSSR count). The number of aliphatic imine (C=N–C) groups is 1. The summed E-state index contributed by atoms with van der Waals surface area (Å²) in [6.07, 6.45) is 5.18. The number of nitrogens with two attached hydrogens (primary N) is 1. The highest BCUT2D eigenvalue weighted by molar-refractivity contribution is 6.02. The van der Waals surface area contributed by atoms with Gasteiger partial charge in [-0.1, -0.05) is 6.08 Å². The lowest BCUT2D eigenvalue weighted by atomic mass is 10.1. The van der Waals surface area contributed by atoms with Crippen LogP contribution in [0, 0.1) is 0 Å². The maximum Gasteiger partial charge on any atom is 0.415 e. The predicted octanol–water partition coefficient (Wildman–Crippen LogP) is 1.93.